The zero-order valence-corrected chi connectivity index (χ0v) is 14.5. The predicted molar refractivity (Wildman–Crippen MR) is 102 cm³/mol. The van der Waals surface area contributed by atoms with E-state index < -0.39 is 0 Å². The Hall–Kier alpha value is -1.96. The van der Waals surface area contributed by atoms with Crippen molar-refractivity contribution in [2.75, 3.05) is 7.05 Å². The minimum Gasteiger partial charge on any atom is -0.346 e. The van der Waals surface area contributed by atoms with Crippen LogP contribution in [0.15, 0.2) is 84.1 Å². The van der Waals surface area contributed by atoms with Crippen LogP contribution < -0.4 is 0 Å². The highest BCUT2D eigenvalue weighted by atomic mass is 15.1. The van der Waals surface area contributed by atoms with Gasteiger partial charge < -0.3 is 4.90 Å². The van der Waals surface area contributed by atoms with Crippen molar-refractivity contribution in [3.05, 3.63) is 84.1 Å². The van der Waals surface area contributed by atoms with E-state index in [2.05, 4.69) is 69.2 Å². The van der Waals surface area contributed by atoms with Gasteiger partial charge in [-0.25, -0.2) is 0 Å². The van der Waals surface area contributed by atoms with E-state index in [0.29, 0.717) is 6.71 Å². The summed E-state index contributed by atoms with van der Waals surface area (Å²) in [6, 6.07) is 0. The molecule has 0 fully saturated rings. The van der Waals surface area contributed by atoms with Crippen molar-refractivity contribution in [2.24, 2.45) is 0 Å². The molecule has 0 heterocycles. The van der Waals surface area contributed by atoms with Crippen LogP contribution in [0.2, 0.25) is 6.82 Å². The summed E-state index contributed by atoms with van der Waals surface area (Å²) in [7, 11) is 2.08. The Balaban J connectivity index is 3.01. The minimum atomic E-state index is 0.404. The molecule has 0 amide bonds. The van der Waals surface area contributed by atoms with E-state index in [1.807, 2.05) is 19.1 Å². The maximum atomic E-state index is 4.15. The van der Waals surface area contributed by atoms with Crippen molar-refractivity contribution >= 4 is 6.71 Å². The van der Waals surface area contributed by atoms with Crippen LogP contribution in [0.4, 0.5) is 0 Å². The Morgan fingerprint density at radius 2 is 1.95 bits per heavy atom. The first-order valence-corrected chi connectivity index (χ1v) is 7.94. The van der Waals surface area contributed by atoms with E-state index in [4.69, 9.17) is 0 Å². The lowest BCUT2D eigenvalue weighted by atomic mass is 9.40. The average Bonchev–Trinajstić information content (AvgIpc) is 2.56. The molecule has 22 heavy (non-hydrogen) atoms. The molecule has 0 bridgehead atoms. The van der Waals surface area contributed by atoms with Gasteiger partial charge >= 0.3 is 0 Å². The summed E-state index contributed by atoms with van der Waals surface area (Å²) < 4.78 is 0. The molecule has 0 radical (unpaired) electrons. The minimum absolute atomic E-state index is 0.404. The molecule has 0 N–H and O–H groups in total. The summed E-state index contributed by atoms with van der Waals surface area (Å²) in [6.45, 7) is 14.8. The summed E-state index contributed by atoms with van der Waals surface area (Å²) in [5.74, 6) is 0. The first-order chi connectivity index (χ1) is 10.5. The summed E-state index contributed by atoms with van der Waals surface area (Å²) >= 11 is 0. The number of hydrogen-bond acceptors (Lipinski definition) is 1. The second kappa shape index (κ2) is 9.14. The molecule has 1 aliphatic rings. The largest absolute Gasteiger partial charge is 0.346 e. The first kappa shape index (κ1) is 18.1. The molecule has 0 saturated carbocycles. The quantitative estimate of drug-likeness (QED) is 0.442. The average molecular weight is 293 g/mol. The molecule has 0 aromatic heterocycles. The van der Waals surface area contributed by atoms with E-state index >= 15 is 0 Å². The lowest BCUT2D eigenvalue weighted by Crippen LogP contribution is -2.26. The Kier molecular flexibility index (Phi) is 7.52. The SMILES string of the molecule is C=C/C=C\C(=C)N(C)C1=CCCC=C1B(C)/C(C)=C/C=C\C. The number of allylic oxidation sites excluding steroid dienone is 10. The maximum Gasteiger partial charge on any atom is 0.203 e. The molecule has 116 valence electrons. The topological polar surface area (TPSA) is 3.24 Å². The van der Waals surface area contributed by atoms with Crippen molar-refractivity contribution in [1.29, 1.82) is 0 Å². The third-order valence-electron chi connectivity index (χ3n) is 4.08. The van der Waals surface area contributed by atoms with Gasteiger partial charge in [-0.1, -0.05) is 80.4 Å². The molecule has 0 aromatic rings. The van der Waals surface area contributed by atoms with Crippen LogP contribution in [-0.4, -0.2) is 18.7 Å². The van der Waals surface area contributed by atoms with Gasteiger partial charge in [0.15, 0.2) is 0 Å². The number of likely N-dealkylation sites (N-methyl/N-ethyl adjacent to an activating group) is 1. The van der Waals surface area contributed by atoms with Gasteiger partial charge in [-0.05, 0) is 25.8 Å². The second-order valence-corrected chi connectivity index (χ2v) is 5.63. The Morgan fingerprint density at radius 3 is 2.59 bits per heavy atom. The molecule has 0 aromatic carbocycles. The van der Waals surface area contributed by atoms with E-state index in [1.54, 1.807) is 6.08 Å². The number of nitrogens with zero attached hydrogens (tertiary/aromatic N) is 1. The molecule has 1 rings (SSSR count). The molecular weight excluding hydrogens is 265 g/mol. The highest BCUT2D eigenvalue weighted by Gasteiger charge is 2.22. The van der Waals surface area contributed by atoms with E-state index in [1.165, 1.54) is 16.6 Å². The predicted octanol–water partition coefficient (Wildman–Crippen LogP) is 5.50. The molecule has 1 aliphatic carbocycles. The summed E-state index contributed by atoms with van der Waals surface area (Å²) in [6.07, 6.45) is 19.0. The van der Waals surface area contributed by atoms with Crippen LogP contribution in [0.1, 0.15) is 26.7 Å². The lowest BCUT2D eigenvalue weighted by Gasteiger charge is -2.30. The number of rotatable bonds is 7. The fourth-order valence-electron chi connectivity index (χ4n) is 2.49. The van der Waals surface area contributed by atoms with Crippen LogP contribution in [0.25, 0.3) is 0 Å². The number of hydrogen-bond donors (Lipinski definition) is 0. The van der Waals surface area contributed by atoms with Gasteiger partial charge in [0.1, 0.15) is 0 Å². The van der Waals surface area contributed by atoms with E-state index in [-0.39, 0.29) is 0 Å². The highest BCUT2D eigenvalue weighted by Crippen LogP contribution is 2.28. The molecule has 0 spiro atoms. The zero-order chi connectivity index (χ0) is 16.5. The summed E-state index contributed by atoms with van der Waals surface area (Å²) in [4.78, 5) is 2.17. The van der Waals surface area contributed by atoms with Gasteiger partial charge in [-0.3, -0.25) is 0 Å². The van der Waals surface area contributed by atoms with Crippen LogP contribution >= 0.6 is 0 Å². The highest BCUT2D eigenvalue weighted by molar-refractivity contribution is 6.73. The normalized spacial score (nSPS) is 15.7. The van der Waals surface area contributed by atoms with E-state index in [0.717, 1.165) is 18.5 Å². The first-order valence-electron chi connectivity index (χ1n) is 7.94. The van der Waals surface area contributed by atoms with Gasteiger partial charge in [0.25, 0.3) is 0 Å². The third kappa shape index (κ3) is 4.80. The van der Waals surface area contributed by atoms with Gasteiger partial charge in [0.2, 0.25) is 6.71 Å². The van der Waals surface area contributed by atoms with Gasteiger partial charge in [0.05, 0.1) is 0 Å². The van der Waals surface area contributed by atoms with Crippen LogP contribution in [0.5, 0.6) is 0 Å². The van der Waals surface area contributed by atoms with E-state index in [9.17, 15) is 0 Å². The Labute approximate surface area is 136 Å². The Morgan fingerprint density at radius 1 is 1.27 bits per heavy atom. The molecule has 0 aliphatic heterocycles. The van der Waals surface area contributed by atoms with Crippen molar-refractivity contribution in [2.45, 2.75) is 33.5 Å². The van der Waals surface area contributed by atoms with Gasteiger partial charge in [-0.2, -0.15) is 0 Å². The third-order valence-corrected chi connectivity index (χ3v) is 4.08. The van der Waals surface area contributed by atoms with Crippen molar-refractivity contribution in [3.63, 3.8) is 0 Å². The van der Waals surface area contributed by atoms with Crippen molar-refractivity contribution in [3.8, 4) is 0 Å². The second-order valence-electron chi connectivity index (χ2n) is 5.63. The maximum absolute atomic E-state index is 4.15. The Bertz CT molecular complexity index is 558. The van der Waals surface area contributed by atoms with Crippen molar-refractivity contribution in [1.82, 2.24) is 4.90 Å². The smallest absolute Gasteiger partial charge is 0.203 e. The molecule has 0 unspecified atom stereocenters. The van der Waals surface area contributed by atoms with Gasteiger partial charge in [0, 0.05) is 18.4 Å². The summed E-state index contributed by atoms with van der Waals surface area (Å²) in [5, 5.41) is 0. The fraction of sp³-hybridized carbons (Fsp3) is 0.300. The lowest BCUT2D eigenvalue weighted by molar-refractivity contribution is 0.546. The summed E-state index contributed by atoms with van der Waals surface area (Å²) in [5.41, 5.74) is 5.00. The monoisotopic (exact) mass is 293 g/mol. The molecule has 0 atom stereocenters. The standard InChI is InChI=1S/C20H28BN/c1-7-9-13-17(3)21(5)19-15-11-12-16-20(19)22(6)18(4)14-10-8-2/h7-10,13-16H,2,4,11-12H2,1,3,5-6H3/b9-7-,14-10-,17-13+. The van der Waals surface area contributed by atoms with Crippen LogP contribution in [-0.2, 0) is 0 Å². The molecule has 2 heteroatoms. The van der Waals surface area contributed by atoms with Crippen LogP contribution in [0, 0.1) is 0 Å². The molecular formula is C20H28BN. The van der Waals surface area contributed by atoms with Gasteiger partial charge in [-0.15, -0.1) is 0 Å². The van der Waals surface area contributed by atoms with Crippen molar-refractivity contribution < 1.29 is 0 Å². The molecule has 0 saturated heterocycles. The fourth-order valence-corrected chi connectivity index (χ4v) is 2.49. The zero-order valence-electron chi connectivity index (χ0n) is 14.5. The molecule has 1 nitrogen and oxygen atoms in total. The van der Waals surface area contributed by atoms with Crippen LogP contribution in [0.3, 0.4) is 0 Å².